The van der Waals surface area contributed by atoms with Crippen molar-refractivity contribution in [3.63, 3.8) is 0 Å². The molecule has 0 aliphatic rings. The Morgan fingerprint density at radius 2 is 1.42 bits per heavy atom. The molecule has 0 N–H and O–H groups in total. The monoisotopic (exact) mass is 1030 g/mol. The maximum atomic E-state index is 7.82. The minimum Gasteiger partial charge on any atom is -0.486 e. The Balaban J connectivity index is 0.000000289. The van der Waals surface area contributed by atoms with Crippen LogP contribution in [-0.4, -0.2) is 19.5 Å². The molecule has 6 nitrogen and oxygen atoms in total. The molecular weight excluding hydrogens is 977 g/mol. The molecule has 0 unspecified atom stereocenters. The van der Waals surface area contributed by atoms with Crippen LogP contribution in [0.15, 0.2) is 155 Å². The van der Waals surface area contributed by atoms with E-state index in [4.69, 9.17) is 22.9 Å². The second-order valence-corrected chi connectivity index (χ2v) is 18.1. The van der Waals surface area contributed by atoms with Gasteiger partial charge in [0.15, 0.2) is 5.58 Å². The maximum absolute atomic E-state index is 7.82. The second-order valence-electron chi connectivity index (χ2n) is 18.1. The molecule has 325 valence electrons. The fourth-order valence-corrected chi connectivity index (χ4v) is 8.64. The molecule has 0 saturated carbocycles. The van der Waals surface area contributed by atoms with E-state index in [0.29, 0.717) is 28.0 Å². The summed E-state index contributed by atoms with van der Waals surface area (Å²) in [6, 6.07) is 53.1. The van der Waals surface area contributed by atoms with Crippen LogP contribution in [0.4, 0.5) is 0 Å². The molecule has 0 aliphatic carbocycles. The van der Waals surface area contributed by atoms with Crippen molar-refractivity contribution in [2.75, 3.05) is 0 Å². The van der Waals surface area contributed by atoms with Gasteiger partial charge in [0, 0.05) is 46.9 Å². The third-order valence-electron chi connectivity index (χ3n) is 12.0. The summed E-state index contributed by atoms with van der Waals surface area (Å²) in [4.78, 5) is 14.6. The Labute approximate surface area is 398 Å². The van der Waals surface area contributed by atoms with Crippen molar-refractivity contribution in [3.05, 3.63) is 180 Å². The van der Waals surface area contributed by atoms with Gasteiger partial charge in [-0.2, -0.15) is 0 Å². The Hall–Kier alpha value is -6.66. The van der Waals surface area contributed by atoms with Gasteiger partial charge in [0.25, 0.3) is 0 Å². The van der Waals surface area contributed by atoms with E-state index in [1.807, 2.05) is 54.7 Å². The number of fused-ring (bicyclic) bond motifs is 7. The van der Waals surface area contributed by atoms with Gasteiger partial charge in [0.2, 0.25) is 5.71 Å². The molecular formula is C58H50IrN4O2-2. The van der Waals surface area contributed by atoms with Crippen molar-refractivity contribution >= 4 is 55.2 Å². The number of hydrogen-bond donors (Lipinski definition) is 0. The summed E-state index contributed by atoms with van der Waals surface area (Å²) in [5.41, 5.74) is 15.1. The minimum absolute atomic E-state index is 0. The van der Waals surface area contributed by atoms with Gasteiger partial charge in [-0.25, -0.2) is 4.98 Å². The van der Waals surface area contributed by atoms with Crippen molar-refractivity contribution in [2.24, 2.45) is 0 Å². The standard InChI is InChI=1S/C43H34N3O2.C15H16N.Ir/c1-24(2)32-21-28(27-12-7-6-8-13-27)22-33(25(3)4)40(32)46-36-17-10-9-16-35(36)44-42(46)31-15-11-14-29-34-23-38-39(45-43(34)48-41(29)31)30-19-18-26(5)20-37(30)47-38;1-15(2,3)13-9-10-16-14(11-13)12-7-5-4-6-8-12;/h6-14,16-25H,1-5H3;4-7,9-11H,1-3H3;/q2*-1;/i5D3;;. The number of aromatic nitrogens is 4. The largest absolute Gasteiger partial charge is 0.486 e. The van der Waals surface area contributed by atoms with E-state index in [1.54, 1.807) is 18.2 Å². The van der Waals surface area contributed by atoms with Crippen molar-refractivity contribution in [1.82, 2.24) is 19.5 Å². The Morgan fingerprint density at radius 3 is 2.14 bits per heavy atom. The van der Waals surface area contributed by atoms with Crippen LogP contribution in [0.5, 0.6) is 0 Å². The molecule has 65 heavy (non-hydrogen) atoms. The van der Waals surface area contributed by atoms with Gasteiger partial charge in [-0.3, -0.25) is 4.98 Å². The van der Waals surface area contributed by atoms with Crippen LogP contribution < -0.4 is 0 Å². The van der Waals surface area contributed by atoms with Crippen LogP contribution in [0.2, 0.25) is 0 Å². The number of aryl methyl sites for hydroxylation is 1. The molecule has 7 heteroatoms. The number of imidazole rings is 1. The van der Waals surface area contributed by atoms with E-state index in [0.717, 1.165) is 55.5 Å². The molecule has 0 amide bonds. The quantitative estimate of drug-likeness (QED) is 0.155. The summed E-state index contributed by atoms with van der Waals surface area (Å²) in [6.45, 7) is 13.4. The Morgan fingerprint density at radius 1 is 0.662 bits per heavy atom. The number of benzene rings is 6. The first-order valence-electron chi connectivity index (χ1n) is 23.4. The summed E-state index contributed by atoms with van der Waals surface area (Å²) >= 11 is 0. The van der Waals surface area contributed by atoms with Crippen LogP contribution in [0.3, 0.4) is 0 Å². The molecule has 0 aliphatic heterocycles. The van der Waals surface area contributed by atoms with Gasteiger partial charge < -0.3 is 18.4 Å². The van der Waals surface area contributed by atoms with Crippen molar-refractivity contribution in [2.45, 2.75) is 72.6 Å². The smallest absolute Gasteiger partial charge is 0.216 e. The van der Waals surface area contributed by atoms with Crippen molar-refractivity contribution in [3.8, 4) is 39.5 Å². The van der Waals surface area contributed by atoms with Crippen LogP contribution in [0.25, 0.3) is 94.6 Å². The van der Waals surface area contributed by atoms with Gasteiger partial charge in [-0.05, 0) is 112 Å². The number of para-hydroxylation sites is 2. The molecule has 0 saturated heterocycles. The fourth-order valence-electron chi connectivity index (χ4n) is 8.64. The van der Waals surface area contributed by atoms with Gasteiger partial charge >= 0.3 is 0 Å². The molecule has 5 aromatic heterocycles. The van der Waals surface area contributed by atoms with Crippen molar-refractivity contribution in [1.29, 1.82) is 0 Å². The van der Waals surface area contributed by atoms with E-state index in [1.165, 1.54) is 27.8 Å². The van der Waals surface area contributed by atoms with Gasteiger partial charge in [-0.1, -0.05) is 114 Å². The average molecular weight is 1030 g/mol. The van der Waals surface area contributed by atoms with Crippen LogP contribution in [0.1, 0.15) is 86.7 Å². The number of nitrogens with zero attached hydrogens (tertiary/aromatic N) is 4. The molecule has 11 rings (SSSR count). The first-order valence-corrected chi connectivity index (χ1v) is 21.9. The van der Waals surface area contributed by atoms with Crippen molar-refractivity contribution < 1.29 is 33.1 Å². The first kappa shape index (κ1) is 39.9. The molecule has 0 spiro atoms. The van der Waals surface area contributed by atoms with E-state index >= 15 is 0 Å². The van der Waals surface area contributed by atoms with Crippen LogP contribution in [-0.2, 0) is 25.5 Å². The summed E-state index contributed by atoms with van der Waals surface area (Å²) in [6.07, 6.45) is 1.87. The average Bonchev–Trinajstić information content (AvgIpc) is 4.01. The van der Waals surface area contributed by atoms with Gasteiger partial charge in [-0.15, -0.1) is 54.1 Å². The predicted molar refractivity (Wildman–Crippen MR) is 263 cm³/mol. The van der Waals surface area contributed by atoms with E-state index in [9.17, 15) is 0 Å². The number of furan rings is 2. The third kappa shape index (κ3) is 8.09. The summed E-state index contributed by atoms with van der Waals surface area (Å²) < 4.78 is 38.6. The molecule has 0 bridgehead atoms. The molecule has 5 heterocycles. The molecule has 6 aromatic carbocycles. The zero-order valence-corrected chi connectivity index (χ0v) is 39.8. The zero-order valence-electron chi connectivity index (χ0n) is 40.4. The SMILES string of the molecule is CC(C)(C)c1ccnc(-c2[c-]cccc2)c1.[2H]C([2H])([2H])c1ccc2c(c1)oc1cc3c(nc12)oc1c(-c2nc4ccccc4n2-c2c(C(C)C)cc(-c4ccccc4)cc2C(C)C)[c-]ccc13.[Ir]. The first-order chi connectivity index (χ1) is 32.1. The van der Waals surface area contributed by atoms with E-state index in [-0.39, 0.29) is 42.9 Å². The van der Waals surface area contributed by atoms with Crippen LogP contribution >= 0.6 is 0 Å². The maximum Gasteiger partial charge on any atom is 0.216 e. The summed E-state index contributed by atoms with van der Waals surface area (Å²) in [5.74, 6) is 1.20. The normalized spacial score (nSPS) is 12.7. The number of hydrogen-bond acceptors (Lipinski definition) is 5. The molecule has 11 aromatic rings. The topological polar surface area (TPSA) is 69.9 Å². The van der Waals surface area contributed by atoms with Gasteiger partial charge in [0.1, 0.15) is 11.1 Å². The second kappa shape index (κ2) is 17.4. The third-order valence-corrected chi connectivity index (χ3v) is 12.0. The number of pyridine rings is 2. The van der Waals surface area contributed by atoms with E-state index < -0.39 is 6.85 Å². The Kier molecular flexibility index (Phi) is 10.7. The number of rotatable bonds is 6. The minimum atomic E-state index is -2.23. The molecule has 1 radical (unpaired) electrons. The Bertz CT molecular complexity index is 3590. The fraction of sp³-hybridized carbons (Fsp3) is 0.190. The summed E-state index contributed by atoms with van der Waals surface area (Å²) in [5, 5.41) is 2.39. The summed E-state index contributed by atoms with van der Waals surface area (Å²) in [7, 11) is 0. The molecule has 0 atom stereocenters. The van der Waals surface area contributed by atoms with Crippen LogP contribution in [0, 0.1) is 19.0 Å². The predicted octanol–water partition coefficient (Wildman–Crippen LogP) is 15.8. The zero-order chi connectivity index (χ0) is 46.8. The van der Waals surface area contributed by atoms with E-state index in [2.05, 4.69) is 143 Å². The molecule has 0 fully saturated rings. The van der Waals surface area contributed by atoms with Gasteiger partial charge in [0.05, 0.1) is 22.4 Å².